The molecule has 0 saturated carbocycles. The van der Waals surface area contributed by atoms with Crippen LogP contribution in [0.1, 0.15) is 21.5 Å². The number of hydrogen-bond acceptors (Lipinski definition) is 5. The Labute approximate surface area is 179 Å². The number of carbonyl (C=O) groups is 1. The van der Waals surface area contributed by atoms with Crippen molar-refractivity contribution < 1.29 is 32.2 Å². The molecule has 168 valence electrons. The molecule has 1 heterocycles. The molecule has 0 N–H and O–H groups in total. The number of rotatable bonds is 6. The van der Waals surface area contributed by atoms with Gasteiger partial charge in [0.15, 0.2) is 0 Å². The van der Waals surface area contributed by atoms with Gasteiger partial charge in [0.25, 0.3) is 5.91 Å². The normalized spacial score (nSPS) is 15.0. The summed E-state index contributed by atoms with van der Waals surface area (Å²) in [5, 5.41) is 0. The van der Waals surface area contributed by atoms with E-state index in [-0.39, 0.29) is 11.7 Å². The Morgan fingerprint density at radius 3 is 2.00 bits per heavy atom. The maximum Gasteiger partial charge on any atom is 0.573 e. The summed E-state index contributed by atoms with van der Waals surface area (Å²) in [6.45, 7) is 4.87. The first-order valence-corrected chi connectivity index (χ1v) is 9.79. The topological polar surface area (TPSA) is 51.2 Å². The van der Waals surface area contributed by atoms with Crippen LogP contribution in [-0.2, 0) is 6.54 Å². The van der Waals surface area contributed by atoms with Crippen LogP contribution in [0.5, 0.6) is 17.2 Å². The van der Waals surface area contributed by atoms with Crippen molar-refractivity contribution in [2.24, 2.45) is 0 Å². The fourth-order valence-electron chi connectivity index (χ4n) is 3.56. The van der Waals surface area contributed by atoms with Crippen LogP contribution in [-0.4, -0.2) is 62.5 Å². The molecule has 2 aromatic rings. The van der Waals surface area contributed by atoms with Crippen molar-refractivity contribution >= 4 is 5.91 Å². The Bertz CT molecular complexity index is 883. The second-order valence-electron chi connectivity index (χ2n) is 7.27. The number of benzene rings is 2. The Kier molecular flexibility index (Phi) is 6.94. The van der Waals surface area contributed by atoms with Gasteiger partial charge >= 0.3 is 6.36 Å². The molecule has 0 unspecified atom stereocenters. The number of methoxy groups -OCH3 is 2. The SMILES string of the molecule is COc1cc(C(=O)N2CCN(Cc3ccc(OC(F)(F)F)cc3)CC2)cc(OC)c1C. The van der Waals surface area contributed by atoms with Gasteiger partial charge in [-0.1, -0.05) is 12.1 Å². The molecule has 0 atom stereocenters. The third-order valence-electron chi connectivity index (χ3n) is 5.22. The van der Waals surface area contributed by atoms with Crippen LogP contribution >= 0.6 is 0 Å². The largest absolute Gasteiger partial charge is 0.573 e. The summed E-state index contributed by atoms with van der Waals surface area (Å²) >= 11 is 0. The van der Waals surface area contributed by atoms with E-state index in [0.29, 0.717) is 49.8 Å². The lowest BCUT2D eigenvalue weighted by atomic mass is 10.1. The third-order valence-corrected chi connectivity index (χ3v) is 5.22. The molecule has 0 aliphatic carbocycles. The van der Waals surface area contributed by atoms with E-state index in [2.05, 4.69) is 9.64 Å². The zero-order chi connectivity index (χ0) is 22.6. The van der Waals surface area contributed by atoms with E-state index < -0.39 is 6.36 Å². The molecule has 0 bridgehead atoms. The Hall–Kier alpha value is -2.94. The lowest BCUT2D eigenvalue weighted by Gasteiger charge is -2.35. The van der Waals surface area contributed by atoms with Gasteiger partial charge in [-0.25, -0.2) is 0 Å². The highest BCUT2D eigenvalue weighted by Gasteiger charge is 2.31. The summed E-state index contributed by atoms with van der Waals surface area (Å²) in [7, 11) is 3.10. The number of halogens is 3. The maximum atomic E-state index is 13.0. The molecule has 0 aromatic heterocycles. The van der Waals surface area contributed by atoms with E-state index in [9.17, 15) is 18.0 Å². The Morgan fingerprint density at radius 2 is 1.52 bits per heavy atom. The second kappa shape index (κ2) is 9.47. The van der Waals surface area contributed by atoms with Crippen LogP contribution in [0.2, 0.25) is 0 Å². The average Bonchev–Trinajstić information content (AvgIpc) is 2.74. The Morgan fingerprint density at radius 1 is 0.968 bits per heavy atom. The highest BCUT2D eigenvalue weighted by atomic mass is 19.4. The van der Waals surface area contributed by atoms with Crippen molar-refractivity contribution in [2.75, 3.05) is 40.4 Å². The molecule has 0 radical (unpaired) electrons. The molecule has 1 aliphatic heterocycles. The van der Waals surface area contributed by atoms with Gasteiger partial charge in [-0.3, -0.25) is 9.69 Å². The van der Waals surface area contributed by atoms with Crippen molar-refractivity contribution in [1.29, 1.82) is 0 Å². The predicted octanol–water partition coefficient (Wildman–Crippen LogP) is 3.87. The number of piperazine rings is 1. The first-order chi connectivity index (χ1) is 14.7. The monoisotopic (exact) mass is 438 g/mol. The van der Waals surface area contributed by atoms with Crippen molar-refractivity contribution in [3.63, 3.8) is 0 Å². The van der Waals surface area contributed by atoms with E-state index in [0.717, 1.165) is 11.1 Å². The summed E-state index contributed by atoms with van der Waals surface area (Å²) in [5.74, 6) is 0.860. The molecule has 6 nitrogen and oxygen atoms in total. The molecule has 1 saturated heterocycles. The van der Waals surface area contributed by atoms with Crippen molar-refractivity contribution in [3.8, 4) is 17.2 Å². The fraction of sp³-hybridized carbons (Fsp3) is 0.409. The van der Waals surface area contributed by atoms with E-state index >= 15 is 0 Å². The molecule has 0 spiro atoms. The molecule has 1 aliphatic rings. The summed E-state index contributed by atoms with van der Waals surface area (Å²) in [6, 6.07) is 9.28. The van der Waals surface area contributed by atoms with Crippen LogP contribution < -0.4 is 14.2 Å². The van der Waals surface area contributed by atoms with Crippen LogP contribution in [0.15, 0.2) is 36.4 Å². The highest BCUT2D eigenvalue weighted by molar-refractivity contribution is 5.95. The van der Waals surface area contributed by atoms with Gasteiger partial charge in [0.05, 0.1) is 14.2 Å². The highest BCUT2D eigenvalue weighted by Crippen LogP contribution is 2.30. The minimum atomic E-state index is -4.70. The van der Waals surface area contributed by atoms with Crippen LogP contribution in [0.4, 0.5) is 13.2 Å². The molecule has 2 aromatic carbocycles. The van der Waals surface area contributed by atoms with Gasteiger partial charge < -0.3 is 19.1 Å². The van der Waals surface area contributed by atoms with Gasteiger partial charge in [0.2, 0.25) is 0 Å². The van der Waals surface area contributed by atoms with Crippen LogP contribution in [0, 0.1) is 6.92 Å². The minimum absolute atomic E-state index is 0.0927. The zero-order valence-corrected chi connectivity index (χ0v) is 17.7. The molecule has 9 heteroatoms. The van der Waals surface area contributed by atoms with E-state index in [1.165, 1.54) is 12.1 Å². The number of hydrogen-bond donors (Lipinski definition) is 0. The predicted molar refractivity (Wildman–Crippen MR) is 109 cm³/mol. The molecular formula is C22H25F3N2O4. The van der Waals surface area contributed by atoms with E-state index in [1.54, 1.807) is 43.4 Å². The first-order valence-electron chi connectivity index (χ1n) is 9.79. The Balaban J connectivity index is 1.58. The van der Waals surface area contributed by atoms with Crippen LogP contribution in [0.25, 0.3) is 0 Å². The van der Waals surface area contributed by atoms with Gasteiger partial charge in [-0.15, -0.1) is 13.2 Å². The van der Waals surface area contributed by atoms with Crippen molar-refractivity contribution in [1.82, 2.24) is 9.80 Å². The molecule has 31 heavy (non-hydrogen) atoms. The van der Waals surface area contributed by atoms with E-state index in [1.807, 2.05) is 6.92 Å². The summed E-state index contributed by atoms with van der Waals surface area (Å²) in [5.41, 5.74) is 2.22. The maximum absolute atomic E-state index is 13.0. The van der Waals surface area contributed by atoms with Gasteiger partial charge in [0, 0.05) is 43.9 Å². The number of alkyl halides is 3. The molecular weight excluding hydrogens is 413 g/mol. The smallest absolute Gasteiger partial charge is 0.496 e. The number of nitrogens with zero attached hydrogens (tertiary/aromatic N) is 2. The first kappa shape index (κ1) is 22.7. The summed E-state index contributed by atoms with van der Waals surface area (Å²) in [6.07, 6.45) is -4.70. The van der Waals surface area contributed by atoms with Gasteiger partial charge in [-0.2, -0.15) is 0 Å². The molecule has 1 fully saturated rings. The van der Waals surface area contributed by atoms with Crippen molar-refractivity contribution in [3.05, 3.63) is 53.1 Å². The van der Waals surface area contributed by atoms with Crippen LogP contribution in [0.3, 0.4) is 0 Å². The minimum Gasteiger partial charge on any atom is -0.496 e. The lowest BCUT2D eigenvalue weighted by Crippen LogP contribution is -2.48. The molecule has 1 amide bonds. The zero-order valence-electron chi connectivity index (χ0n) is 17.7. The standard InChI is InChI=1S/C22H25F3N2O4/c1-15-19(29-2)12-17(13-20(15)30-3)21(28)27-10-8-26(9-11-27)14-16-4-6-18(7-5-16)31-22(23,24)25/h4-7,12-13H,8-11,14H2,1-3H3. The quantitative estimate of drug-likeness (QED) is 0.686. The summed E-state index contributed by atoms with van der Waals surface area (Å²) in [4.78, 5) is 16.9. The van der Waals surface area contributed by atoms with Gasteiger partial charge in [-0.05, 0) is 36.8 Å². The number of ether oxygens (including phenoxy) is 3. The van der Waals surface area contributed by atoms with Crippen molar-refractivity contribution in [2.45, 2.75) is 19.8 Å². The molecule has 3 rings (SSSR count). The fourth-order valence-corrected chi connectivity index (χ4v) is 3.56. The van der Waals surface area contributed by atoms with Gasteiger partial charge in [0.1, 0.15) is 17.2 Å². The summed E-state index contributed by atoms with van der Waals surface area (Å²) < 4.78 is 51.4. The number of carbonyl (C=O) groups excluding carboxylic acids is 1. The number of amides is 1. The van der Waals surface area contributed by atoms with E-state index in [4.69, 9.17) is 9.47 Å². The average molecular weight is 438 g/mol. The lowest BCUT2D eigenvalue weighted by molar-refractivity contribution is -0.274. The second-order valence-corrected chi connectivity index (χ2v) is 7.27. The third kappa shape index (κ3) is 5.81.